The van der Waals surface area contributed by atoms with Gasteiger partial charge in [-0.25, -0.2) is 4.98 Å². The lowest BCUT2D eigenvalue weighted by Crippen LogP contribution is -1.97. The third kappa shape index (κ3) is 3.55. The van der Waals surface area contributed by atoms with Crippen molar-refractivity contribution in [2.45, 2.75) is 6.42 Å². The number of benzene rings is 2. The zero-order chi connectivity index (χ0) is 16.4. The first-order valence-corrected chi connectivity index (χ1v) is 8.34. The Morgan fingerprint density at radius 3 is 2.70 bits per heavy atom. The molecule has 0 saturated carbocycles. The highest BCUT2D eigenvalue weighted by Crippen LogP contribution is 2.33. The Balaban J connectivity index is 2.12. The molecule has 0 radical (unpaired) electrons. The number of carboxylic acid groups (broad SMARTS) is 1. The second kappa shape index (κ2) is 6.71. The molecule has 0 aliphatic rings. The molecular formula is C17H11Cl2NO2S. The summed E-state index contributed by atoms with van der Waals surface area (Å²) in [5.74, 6) is -0.923. The number of hydrogen-bond acceptors (Lipinski definition) is 3. The van der Waals surface area contributed by atoms with Crippen LogP contribution in [-0.4, -0.2) is 16.1 Å². The largest absolute Gasteiger partial charge is 0.481 e. The van der Waals surface area contributed by atoms with E-state index in [1.165, 1.54) is 11.3 Å². The highest BCUT2D eigenvalue weighted by molar-refractivity contribution is 7.19. The lowest BCUT2D eigenvalue weighted by Gasteiger charge is -2.04. The third-order valence-corrected chi connectivity index (χ3v) is 5.17. The topological polar surface area (TPSA) is 50.2 Å². The summed E-state index contributed by atoms with van der Waals surface area (Å²) in [6, 6.07) is 13.0. The summed E-state index contributed by atoms with van der Waals surface area (Å²) in [5.41, 5.74) is 2.12. The van der Waals surface area contributed by atoms with Crippen LogP contribution in [0.3, 0.4) is 0 Å². The number of hydrogen-bond donors (Lipinski definition) is 1. The average Bonchev–Trinajstić information content (AvgIpc) is 2.94. The lowest BCUT2D eigenvalue weighted by atomic mass is 10.1. The van der Waals surface area contributed by atoms with Crippen molar-refractivity contribution >= 4 is 62.4 Å². The predicted molar refractivity (Wildman–Crippen MR) is 96.2 cm³/mol. The summed E-state index contributed by atoms with van der Waals surface area (Å²) in [7, 11) is 0. The number of halogens is 2. The number of aliphatic carboxylic acids is 1. The molecule has 0 aliphatic heterocycles. The van der Waals surface area contributed by atoms with Gasteiger partial charge in [-0.15, -0.1) is 11.3 Å². The van der Waals surface area contributed by atoms with Crippen LogP contribution >= 0.6 is 34.5 Å². The van der Waals surface area contributed by atoms with Crippen molar-refractivity contribution in [2.24, 2.45) is 0 Å². The number of aromatic nitrogens is 1. The Kier molecular flexibility index (Phi) is 4.66. The fraction of sp³-hybridized carbons (Fsp3) is 0.0588. The molecule has 116 valence electrons. The van der Waals surface area contributed by atoms with E-state index in [9.17, 15) is 9.90 Å². The van der Waals surface area contributed by atoms with Gasteiger partial charge in [-0.3, -0.25) is 4.79 Å². The molecule has 0 bridgehead atoms. The fourth-order valence-corrected chi connectivity index (χ4v) is 3.52. The summed E-state index contributed by atoms with van der Waals surface area (Å²) in [5, 5.41) is 10.7. The minimum Gasteiger partial charge on any atom is -0.481 e. The molecule has 1 aromatic heterocycles. The van der Waals surface area contributed by atoms with Crippen LogP contribution in [-0.2, 0) is 4.79 Å². The monoisotopic (exact) mass is 363 g/mol. The van der Waals surface area contributed by atoms with Crippen LogP contribution in [0.5, 0.6) is 0 Å². The number of carboxylic acids is 1. The number of carbonyl (C=O) groups is 1. The first kappa shape index (κ1) is 16.0. The molecule has 2 aromatic carbocycles. The zero-order valence-corrected chi connectivity index (χ0v) is 14.1. The third-order valence-electron chi connectivity index (χ3n) is 3.22. The standard InChI is InChI=1S/C17H11Cl2NO2S/c18-12-5-3-4-10(16(12)19)8-11(9-15(21)22)17-20-13-6-1-2-7-14(13)23-17/h1-8H,9H2,(H,21,22). The van der Waals surface area contributed by atoms with E-state index in [0.29, 0.717) is 26.2 Å². The van der Waals surface area contributed by atoms with E-state index in [0.717, 1.165) is 10.2 Å². The van der Waals surface area contributed by atoms with Crippen LogP contribution in [0.4, 0.5) is 0 Å². The molecule has 0 amide bonds. The summed E-state index contributed by atoms with van der Waals surface area (Å²) >= 11 is 13.7. The average molecular weight is 364 g/mol. The summed E-state index contributed by atoms with van der Waals surface area (Å²) in [6.45, 7) is 0. The zero-order valence-electron chi connectivity index (χ0n) is 11.8. The normalized spacial score (nSPS) is 11.8. The van der Waals surface area contributed by atoms with E-state index in [1.807, 2.05) is 24.3 Å². The summed E-state index contributed by atoms with van der Waals surface area (Å²) < 4.78 is 1.01. The molecule has 3 aromatic rings. The number of para-hydroxylation sites is 1. The van der Waals surface area contributed by atoms with Crippen molar-refractivity contribution in [2.75, 3.05) is 0 Å². The Morgan fingerprint density at radius 2 is 1.96 bits per heavy atom. The van der Waals surface area contributed by atoms with E-state index < -0.39 is 5.97 Å². The van der Waals surface area contributed by atoms with Gasteiger partial charge in [0.05, 0.1) is 26.7 Å². The molecule has 0 fully saturated rings. The molecule has 3 rings (SSSR count). The first-order valence-electron chi connectivity index (χ1n) is 6.77. The van der Waals surface area contributed by atoms with Crippen LogP contribution in [0, 0.1) is 0 Å². The van der Waals surface area contributed by atoms with Crippen LogP contribution in [0.1, 0.15) is 17.0 Å². The Hall–Kier alpha value is -1.88. The van der Waals surface area contributed by atoms with Crippen molar-refractivity contribution in [3.8, 4) is 0 Å². The summed E-state index contributed by atoms with van der Waals surface area (Å²) in [4.78, 5) is 15.7. The van der Waals surface area contributed by atoms with Gasteiger partial charge >= 0.3 is 5.97 Å². The molecule has 0 saturated heterocycles. The second-order valence-corrected chi connectivity index (χ2v) is 6.69. The molecule has 6 heteroatoms. The quantitative estimate of drug-likeness (QED) is 0.654. The smallest absolute Gasteiger partial charge is 0.307 e. The highest BCUT2D eigenvalue weighted by atomic mass is 35.5. The van der Waals surface area contributed by atoms with Gasteiger partial charge in [0.25, 0.3) is 0 Å². The van der Waals surface area contributed by atoms with Gasteiger partial charge in [-0.1, -0.05) is 47.5 Å². The fourth-order valence-electron chi connectivity index (χ4n) is 2.18. The molecular weight excluding hydrogens is 353 g/mol. The number of thiazole rings is 1. The Morgan fingerprint density at radius 1 is 1.17 bits per heavy atom. The van der Waals surface area contributed by atoms with E-state index >= 15 is 0 Å². The van der Waals surface area contributed by atoms with Gasteiger partial charge in [0.1, 0.15) is 5.01 Å². The molecule has 1 N–H and O–H groups in total. The van der Waals surface area contributed by atoms with E-state index in [-0.39, 0.29) is 6.42 Å². The number of fused-ring (bicyclic) bond motifs is 1. The van der Waals surface area contributed by atoms with Crippen molar-refractivity contribution in [1.82, 2.24) is 4.98 Å². The minimum absolute atomic E-state index is 0.136. The maximum Gasteiger partial charge on any atom is 0.307 e. The van der Waals surface area contributed by atoms with Gasteiger partial charge in [0.2, 0.25) is 0 Å². The maximum atomic E-state index is 11.2. The maximum absolute atomic E-state index is 11.2. The molecule has 0 spiro atoms. The van der Waals surface area contributed by atoms with Gasteiger partial charge in [-0.05, 0) is 35.4 Å². The van der Waals surface area contributed by atoms with Gasteiger partial charge in [0.15, 0.2) is 0 Å². The number of nitrogens with zero attached hydrogens (tertiary/aromatic N) is 1. The molecule has 0 unspecified atom stereocenters. The molecule has 23 heavy (non-hydrogen) atoms. The Labute approximate surface area is 146 Å². The van der Waals surface area contributed by atoms with Crippen molar-refractivity contribution in [3.63, 3.8) is 0 Å². The van der Waals surface area contributed by atoms with Crippen molar-refractivity contribution in [1.29, 1.82) is 0 Å². The molecule has 0 aliphatic carbocycles. The molecule has 1 heterocycles. The van der Waals surface area contributed by atoms with E-state index in [1.54, 1.807) is 24.3 Å². The van der Waals surface area contributed by atoms with Crippen molar-refractivity contribution < 1.29 is 9.90 Å². The highest BCUT2D eigenvalue weighted by Gasteiger charge is 2.13. The van der Waals surface area contributed by atoms with Crippen LogP contribution < -0.4 is 0 Å². The SMILES string of the molecule is O=C(O)CC(=Cc1cccc(Cl)c1Cl)c1nc2ccccc2s1. The first-order chi connectivity index (χ1) is 11.0. The van der Waals surface area contributed by atoms with Gasteiger partial charge < -0.3 is 5.11 Å². The molecule has 3 nitrogen and oxygen atoms in total. The van der Waals surface area contributed by atoms with Crippen molar-refractivity contribution in [3.05, 3.63) is 63.1 Å². The minimum atomic E-state index is -0.923. The summed E-state index contributed by atoms with van der Waals surface area (Å²) in [6.07, 6.45) is 1.60. The second-order valence-electron chi connectivity index (χ2n) is 4.87. The van der Waals surface area contributed by atoms with E-state index in [4.69, 9.17) is 23.2 Å². The van der Waals surface area contributed by atoms with Crippen LogP contribution in [0.25, 0.3) is 21.9 Å². The van der Waals surface area contributed by atoms with Gasteiger partial charge in [0, 0.05) is 0 Å². The van der Waals surface area contributed by atoms with Crippen LogP contribution in [0.2, 0.25) is 10.0 Å². The predicted octanol–water partition coefficient (Wildman–Crippen LogP) is 5.62. The Bertz CT molecular complexity index is 885. The van der Waals surface area contributed by atoms with Gasteiger partial charge in [-0.2, -0.15) is 0 Å². The molecule has 0 atom stereocenters. The van der Waals surface area contributed by atoms with Crippen LogP contribution in [0.15, 0.2) is 42.5 Å². The lowest BCUT2D eigenvalue weighted by molar-refractivity contribution is -0.135. The number of rotatable bonds is 4. The van der Waals surface area contributed by atoms with E-state index in [2.05, 4.69) is 4.98 Å².